The van der Waals surface area contributed by atoms with Gasteiger partial charge in [-0.1, -0.05) is 33.1 Å². The molecule has 1 fully saturated rings. The Kier molecular flexibility index (Phi) is 9.47. The largest absolute Gasteiger partial charge is 0.494 e. The molecule has 29 heavy (non-hydrogen) atoms. The van der Waals surface area contributed by atoms with E-state index in [0.29, 0.717) is 37.6 Å². The van der Waals surface area contributed by atoms with Crippen LogP contribution in [-0.2, 0) is 14.3 Å². The molecule has 0 aliphatic carbocycles. The first-order valence-corrected chi connectivity index (χ1v) is 10.5. The predicted molar refractivity (Wildman–Crippen MR) is 110 cm³/mol. The smallest absolute Gasteiger partial charge is 0.308 e. The van der Waals surface area contributed by atoms with Gasteiger partial charge in [0.05, 0.1) is 19.6 Å². The fourth-order valence-corrected chi connectivity index (χ4v) is 3.11. The molecule has 1 aromatic carbocycles. The van der Waals surface area contributed by atoms with E-state index in [0.717, 1.165) is 32.1 Å². The highest BCUT2D eigenvalue weighted by Crippen LogP contribution is 2.18. The molecule has 1 N–H and O–H groups in total. The first-order valence-electron chi connectivity index (χ1n) is 10.5. The van der Waals surface area contributed by atoms with E-state index in [1.165, 1.54) is 4.90 Å². The number of hydrogen-bond acceptors (Lipinski definition) is 5. The van der Waals surface area contributed by atoms with Crippen molar-refractivity contribution in [3.63, 3.8) is 0 Å². The number of esters is 1. The molecule has 0 bridgehead atoms. The van der Waals surface area contributed by atoms with Crippen LogP contribution in [0, 0.1) is 0 Å². The van der Waals surface area contributed by atoms with E-state index in [-0.39, 0.29) is 18.2 Å². The average molecular weight is 405 g/mol. The lowest BCUT2D eigenvalue weighted by atomic mass is 10.1. The predicted octanol–water partition coefficient (Wildman–Crippen LogP) is 2.93. The number of piperazine rings is 1. The van der Waals surface area contributed by atoms with Gasteiger partial charge in [-0.3, -0.25) is 14.4 Å². The van der Waals surface area contributed by atoms with Gasteiger partial charge in [-0.15, -0.1) is 0 Å². The second-order valence-electron chi connectivity index (χ2n) is 7.16. The monoisotopic (exact) mass is 404 g/mol. The number of benzene rings is 1. The second-order valence-corrected chi connectivity index (χ2v) is 7.16. The van der Waals surface area contributed by atoms with E-state index in [1.807, 2.05) is 6.92 Å². The summed E-state index contributed by atoms with van der Waals surface area (Å²) in [4.78, 5) is 38.8. The third kappa shape index (κ3) is 7.07. The van der Waals surface area contributed by atoms with Crippen molar-refractivity contribution in [3.05, 3.63) is 29.8 Å². The van der Waals surface area contributed by atoms with E-state index in [9.17, 15) is 14.4 Å². The van der Waals surface area contributed by atoms with Gasteiger partial charge < -0.3 is 19.7 Å². The molecular weight excluding hydrogens is 372 g/mol. The van der Waals surface area contributed by atoms with Gasteiger partial charge in [0.1, 0.15) is 11.8 Å². The molecule has 1 atom stereocenters. The van der Waals surface area contributed by atoms with Gasteiger partial charge in [0.2, 0.25) is 5.91 Å². The van der Waals surface area contributed by atoms with Crippen molar-refractivity contribution in [1.82, 2.24) is 10.2 Å². The van der Waals surface area contributed by atoms with Crippen LogP contribution in [-0.4, -0.2) is 55.0 Å². The van der Waals surface area contributed by atoms with Gasteiger partial charge >= 0.3 is 5.97 Å². The molecule has 1 aliphatic rings. The number of nitrogens with one attached hydrogen (secondary N) is 1. The SMILES string of the molecule is CCCCCOc1ccc(C(=O)N2CCNC(=O)[C@@H]2CC(=O)OCCCC)cc1. The van der Waals surface area contributed by atoms with E-state index in [1.54, 1.807) is 24.3 Å². The van der Waals surface area contributed by atoms with E-state index in [2.05, 4.69) is 12.2 Å². The molecule has 1 aromatic rings. The minimum atomic E-state index is -0.852. The number of ether oxygens (including phenoxy) is 2. The Morgan fingerprint density at radius 3 is 2.48 bits per heavy atom. The Balaban J connectivity index is 1.98. The number of carbonyl (C=O) groups excluding carboxylic acids is 3. The minimum Gasteiger partial charge on any atom is -0.494 e. The van der Waals surface area contributed by atoms with E-state index >= 15 is 0 Å². The Labute approximate surface area is 172 Å². The summed E-state index contributed by atoms with van der Waals surface area (Å²) in [7, 11) is 0. The molecule has 0 aromatic heterocycles. The number of carbonyl (C=O) groups is 3. The molecule has 0 unspecified atom stereocenters. The quantitative estimate of drug-likeness (QED) is 0.453. The van der Waals surface area contributed by atoms with Crippen molar-refractivity contribution >= 4 is 17.8 Å². The third-order valence-corrected chi connectivity index (χ3v) is 4.83. The molecule has 2 rings (SSSR count). The van der Waals surface area contributed by atoms with Crippen molar-refractivity contribution in [1.29, 1.82) is 0 Å². The van der Waals surface area contributed by atoms with Gasteiger partial charge in [0.25, 0.3) is 5.91 Å². The summed E-state index contributed by atoms with van der Waals surface area (Å²) in [5, 5.41) is 2.72. The van der Waals surface area contributed by atoms with Crippen LogP contribution >= 0.6 is 0 Å². The van der Waals surface area contributed by atoms with Crippen LogP contribution < -0.4 is 10.1 Å². The number of hydrogen-bond donors (Lipinski definition) is 1. The molecule has 0 saturated carbocycles. The van der Waals surface area contributed by atoms with Crippen molar-refractivity contribution in [3.8, 4) is 5.75 Å². The Hall–Kier alpha value is -2.57. The molecule has 0 radical (unpaired) electrons. The van der Waals surface area contributed by atoms with Crippen molar-refractivity contribution in [2.75, 3.05) is 26.3 Å². The summed E-state index contributed by atoms with van der Waals surface area (Å²) in [6.45, 7) is 5.84. The van der Waals surface area contributed by atoms with E-state index in [4.69, 9.17) is 9.47 Å². The maximum absolute atomic E-state index is 13.0. The van der Waals surface area contributed by atoms with Crippen LogP contribution in [0.3, 0.4) is 0 Å². The van der Waals surface area contributed by atoms with Crippen molar-refractivity contribution in [2.24, 2.45) is 0 Å². The maximum Gasteiger partial charge on any atom is 0.308 e. The van der Waals surface area contributed by atoms with Crippen LogP contribution in [0.15, 0.2) is 24.3 Å². The summed E-state index contributed by atoms with van der Waals surface area (Å²) in [5.41, 5.74) is 0.463. The van der Waals surface area contributed by atoms with Gasteiger partial charge in [-0.05, 0) is 37.1 Å². The lowest BCUT2D eigenvalue weighted by molar-refractivity contribution is -0.147. The van der Waals surface area contributed by atoms with Gasteiger partial charge in [0.15, 0.2) is 0 Å². The van der Waals surface area contributed by atoms with Gasteiger partial charge in [-0.2, -0.15) is 0 Å². The molecular formula is C22H32N2O5. The maximum atomic E-state index is 13.0. The summed E-state index contributed by atoms with van der Waals surface area (Å²) in [6.07, 6.45) is 4.80. The highest BCUT2D eigenvalue weighted by molar-refractivity contribution is 5.99. The third-order valence-electron chi connectivity index (χ3n) is 4.83. The number of amides is 2. The lowest BCUT2D eigenvalue weighted by Gasteiger charge is -2.34. The first-order chi connectivity index (χ1) is 14.1. The zero-order valence-corrected chi connectivity index (χ0v) is 17.4. The molecule has 0 spiro atoms. The summed E-state index contributed by atoms with van der Waals surface area (Å²) in [5.74, 6) is -0.351. The Morgan fingerprint density at radius 1 is 1.07 bits per heavy atom. The van der Waals surface area contributed by atoms with Crippen LogP contribution in [0.4, 0.5) is 0 Å². The molecule has 1 heterocycles. The van der Waals surface area contributed by atoms with Gasteiger partial charge in [0, 0.05) is 18.7 Å². The number of rotatable bonds is 11. The fraction of sp³-hybridized carbons (Fsp3) is 0.591. The van der Waals surface area contributed by atoms with Gasteiger partial charge in [-0.25, -0.2) is 0 Å². The summed E-state index contributed by atoms with van der Waals surface area (Å²) >= 11 is 0. The molecule has 1 saturated heterocycles. The molecule has 160 valence electrons. The fourth-order valence-electron chi connectivity index (χ4n) is 3.11. The van der Waals surface area contributed by atoms with Crippen molar-refractivity contribution < 1.29 is 23.9 Å². The summed E-state index contributed by atoms with van der Waals surface area (Å²) in [6, 6.07) is 6.06. The van der Waals surface area contributed by atoms with Crippen molar-refractivity contribution in [2.45, 2.75) is 58.4 Å². The summed E-state index contributed by atoms with van der Waals surface area (Å²) < 4.78 is 10.8. The minimum absolute atomic E-state index is 0.139. The Morgan fingerprint density at radius 2 is 1.79 bits per heavy atom. The zero-order chi connectivity index (χ0) is 21.1. The van der Waals surface area contributed by atoms with Crippen LogP contribution in [0.25, 0.3) is 0 Å². The molecule has 7 heteroatoms. The van der Waals surface area contributed by atoms with Crippen LogP contribution in [0.2, 0.25) is 0 Å². The second kappa shape index (κ2) is 12.1. The number of nitrogens with zero attached hydrogens (tertiary/aromatic N) is 1. The van der Waals surface area contributed by atoms with Crippen LogP contribution in [0.5, 0.6) is 5.75 Å². The Bertz CT molecular complexity index is 674. The topological polar surface area (TPSA) is 84.9 Å². The highest BCUT2D eigenvalue weighted by Gasteiger charge is 2.35. The van der Waals surface area contributed by atoms with Crippen LogP contribution in [0.1, 0.15) is 62.7 Å². The average Bonchev–Trinajstić information content (AvgIpc) is 2.73. The first kappa shape index (κ1) is 22.7. The molecule has 1 aliphatic heterocycles. The zero-order valence-electron chi connectivity index (χ0n) is 17.4. The normalized spacial score (nSPS) is 16.3. The lowest BCUT2D eigenvalue weighted by Crippen LogP contribution is -2.57. The number of unbranched alkanes of at least 4 members (excludes halogenated alkanes) is 3. The molecule has 2 amide bonds. The highest BCUT2D eigenvalue weighted by atomic mass is 16.5. The molecule has 7 nitrogen and oxygen atoms in total. The van der Waals surface area contributed by atoms with E-state index < -0.39 is 12.0 Å². The standard InChI is InChI=1S/C22H32N2O5/c1-3-5-7-15-28-18-10-8-17(9-11-18)22(27)24-13-12-23-21(26)19(24)16-20(25)29-14-6-4-2/h8-11,19H,3-7,12-16H2,1-2H3,(H,23,26)/t19-/m0/s1.